The number of nitrogen functional groups attached to an aromatic ring is 1. The van der Waals surface area contributed by atoms with E-state index < -0.39 is 27.6 Å². The highest BCUT2D eigenvalue weighted by Crippen LogP contribution is 2.22. The number of carbonyl (C=O) groups is 2. The van der Waals surface area contributed by atoms with Crippen LogP contribution in [0.2, 0.25) is 0 Å². The van der Waals surface area contributed by atoms with Gasteiger partial charge in [-0.3, -0.25) is 14.5 Å². The molecule has 0 radical (unpaired) electrons. The van der Waals surface area contributed by atoms with Crippen molar-refractivity contribution in [2.24, 2.45) is 5.84 Å². The predicted molar refractivity (Wildman–Crippen MR) is 143 cm³/mol. The molecule has 0 unspecified atom stereocenters. The average molecular weight is 532 g/mol. The third-order valence-electron chi connectivity index (χ3n) is 6.03. The van der Waals surface area contributed by atoms with Gasteiger partial charge in [-0.15, -0.1) is 0 Å². The van der Waals surface area contributed by atoms with E-state index in [4.69, 9.17) is 10.6 Å². The van der Waals surface area contributed by atoms with Gasteiger partial charge in [0.25, 0.3) is 5.91 Å². The minimum atomic E-state index is -3.65. The van der Waals surface area contributed by atoms with Crippen molar-refractivity contribution in [2.75, 3.05) is 29.7 Å². The highest BCUT2D eigenvalue weighted by atomic mass is 32.2. The standard InChI is InChI=1S/C26H37N5O5S/c1-26(2,3)36-25(33)28-22-13-15-30(16-14-22)17-18-37(34,35)31(23-7-5-4-6-8-23)19-20-9-11-21(12-10-20)24(32)29-27/h4-12,22H,13-19,27H2,1-3H3,(H,28,33)(H,29,32). The van der Waals surface area contributed by atoms with E-state index in [9.17, 15) is 18.0 Å². The molecule has 4 N–H and O–H groups in total. The Bertz CT molecular complexity index is 1140. The van der Waals surface area contributed by atoms with Crippen molar-refractivity contribution in [1.29, 1.82) is 0 Å². The fraction of sp³-hybridized carbons (Fsp3) is 0.462. The molecule has 1 fully saturated rings. The van der Waals surface area contributed by atoms with Crippen LogP contribution >= 0.6 is 0 Å². The number of rotatable bonds is 9. The molecular weight excluding hydrogens is 494 g/mol. The molecule has 1 aliphatic rings. The van der Waals surface area contributed by atoms with Crippen LogP contribution in [-0.4, -0.2) is 62.3 Å². The topological polar surface area (TPSA) is 134 Å². The Balaban J connectivity index is 1.61. The van der Waals surface area contributed by atoms with Crippen LogP contribution < -0.4 is 20.9 Å². The van der Waals surface area contributed by atoms with Gasteiger partial charge in [0, 0.05) is 31.2 Å². The molecule has 2 aromatic rings. The molecule has 2 aromatic carbocycles. The quantitative estimate of drug-likeness (QED) is 0.257. The van der Waals surface area contributed by atoms with E-state index in [0.717, 1.165) is 18.4 Å². The number of nitrogens with two attached hydrogens (primary N) is 1. The Labute approximate surface area is 219 Å². The van der Waals surface area contributed by atoms with Gasteiger partial charge in [0.15, 0.2) is 0 Å². The van der Waals surface area contributed by atoms with Crippen LogP contribution in [0.25, 0.3) is 0 Å². The van der Waals surface area contributed by atoms with Gasteiger partial charge in [0.1, 0.15) is 5.60 Å². The molecule has 3 rings (SSSR count). The lowest BCUT2D eigenvalue weighted by atomic mass is 10.1. The van der Waals surface area contributed by atoms with Crippen molar-refractivity contribution >= 4 is 27.7 Å². The number of benzene rings is 2. The Kier molecular flexibility index (Phi) is 9.52. The van der Waals surface area contributed by atoms with E-state index in [-0.39, 0.29) is 18.3 Å². The summed E-state index contributed by atoms with van der Waals surface area (Å²) in [5.74, 6) is 4.73. The van der Waals surface area contributed by atoms with Gasteiger partial charge in [-0.2, -0.15) is 0 Å². The number of alkyl carbamates (subject to hydrolysis) is 1. The molecule has 1 aliphatic heterocycles. The second-order valence-electron chi connectivity index (χ2n) is 10.1. The number of likely N-dealkylation sites (tertiary alicyclic amines) is 1. The second-order valence-corrected chi connectivity index (χ2v) is 12.1. The predicted octanol–water partition coefficient (Wildman–Crippen LogP) is 2.62. The van der Waals surface area contributed by atoms with Gasteiger partial charge in [-0.1, -0.05) is 30.3 Å². The average Bonchev–Trinajstić information content (AvgIpc) is 2.86. The molecule has 2 amide bonds. The second kappa shape index (κ2) is 12.4. The van der Waals surface area contributed by atoms with Crippen molar-refractivity contribution in [3.05, 3.63) is 65.7 Å². The summed E-state index contributed by atoms with van der Waals surface area (Å²) in [6.07, 6.45) is 1.03. The van der Waals surface area contributed by atoms with Crippen LogP contribution in [0.5, 0.6) is 0 Å². The van der Waals surface area contributed by atoms with E-state index in [1.807, 2.05) is 26.8 Å². The summed E-state index contributed by atoms with van der Waals surface area (Å²) in [5, 5.41) is 2.90. The lowest BCUT2D eigenvalue weighted by Gasteiger charge is -2.33. The number of ether oxygens (including phenoxy) is 1. The SMILES string of the molecule is CC(C)(C)OC(=O)NC1CCN(CCS(=O)(=O)N(Cc2ccc(C(=O)NN)cc2)c2ccccc2)CC1. The van der Waals surface area contributed by atoms with Gasteiger partial charge in [0.2, 0.25) is 10.0 Å². The summed E-state index contributed by atoms with van der Waals surface area (Å²) >= 11 is 0. The summed E-state index contributed by atoms with van der Waals surface area (Å²) in [4.78, 5) is 25.9. The third-order valence-corrected chi connectivity index (χ3v) is 7.74. The lowest BCUT2D eigenvalue weighted by Crippen LogP contribution is -2.47. The van der Waals surface area contributed by atoms with Crippen LogP contribution in [0.1, 0.15) is 49.5 Å². The Morgan fingerprint density at radius 1 is 1.05 bits per heavy atom. The van der Waals surface area contributed by atoms with Crippen molar-refractivity contribution < 1.29 is 22.7 Å². The van der Waals surface area contributed by atoms with Crippen molar-refractivity contribution in [2.45, 2.75) is 51.8 Å². The molecular formula is C26H37N5O5S. The molecule has 0 aliphatic carbocycles. The van der Waals surface area contributed by atoms with E-state index >= 15 is 0 Å². The van der Waals surface area contributed by atoms with Crippen molar-refractivity contribution in [1.82, 2.24) is 15.6 Å². The number of para-hydroxylation sites is 1. The largest absolute Gasteiger partial charge is 0.444 e. The number of sulfonamides is 1. The van der Waals surface area contributed by atoms with Gasteiger partial charge in [-0.05, 0) is 63.4 Å². The maximum Gasteiger partial charge on any atom is 0.407 e. The molecule has 0 aromatic heterocycles. The van der Waals surface area contributed by atoms with E-state index in [1.54, 1.807) is 48.5 Å². The highest BCUT2D eigenvalue weighted by molar-refractivity contribution is 7.92. The number of hydrogen-bond acceptors (Lipinski definition) is 7. The molecule has 0 spiro atoms. The fourth-order valence-corrected chi connectivity index (χ4v) is 5.58. The molecule has 0 bridgehead atoms. The van der Waals surface area contributed by atoms with Crippen LogP contribution in [-0.2, 0) is 21.3 Å². The Hall–Kier alpha value is -3.15. The van der Waals surface area contributed by atoms with Crippen LogP contribution in [0.4, 0.5) is 10.5 Å². The van der Waals surface area contributed by atoms with Crippen LogP contribution in [0.3, 0.4) is 0 Å². The number of nitrogens with one attached hydrogen (secondary N) is 2. The summed E-state index contributed by atoms with van der Waals surface area (Å²) < 4.78 is 33.7. The summed E-state index contributed by atoms with van der Waals surface area (Å²) in [5.41, 5.74) is 3.25. The number of nitrogens with zero attached hydrogens (tertiary/aromatic N) is 2. The van der Waals surface area contributed by atoms with E-state index in [1.165, 1.54) is 4.31 Å². The fourth-order valence-electron chi connectivity index (χ4n) is 4.08. The number of hydrazine groups is 1. The molecule has 10 nitrogen and oxygen atoms in total. The van der Waals surface area contributed by atoms with E-state index in [0.29, 0.717) is 30.9 Å². The third kappa shape index (κ3) is 8.73. The first-order chi connectivity index (χ1) is 17.5. The number of anilines is 1. The van der Waals surface area contributed by atoms with Gasteiger partial charge < -0.3 is 15.0 Å². The normalized spacial score (nSPS) is 15.1. The molecule has 37 heavy (non-hydrogen) atoms. The molecule has 1 saturated heterocycles. The maximum atomic E-state index is 13.5. The first-order valence-electron chi connectivity index (χ1n) is 12.3. The summed E-state index contributed by atoms with van der Waals surface area (Å²) in [6.45, 7) is 7.37. The zero-order valence-electron chi connectivity index (χ0n) is 21.6. The number of hydrogen-bond donors (Lipinski definition) is 3. The maximum absolute atomic E-state index is 13.5. The van der Waals surface area contributed by atoms with Gasteiger partial charge in [-0.25, -0.2) is 19.1 Å². The molecule has 0 saturated carbocycles. The summed E-state index contributed by atoms with van der Waals surface area (Å²) in [6, 6.07) is 15.6. The summed E-state index contributed by atoms with van der Waals surface area (Å²) in [7, 11) is -3.65. The van der Waals surface area contributed by atoms with Crippen molar-refractivity contribution in [3.8, 4) is 0 Å². The monoisotopic (exact) mass is 531 g/mol. The smallest absolute Gasteiger partial charge is 0.407 e. The number of carbonyl (C=O) groups excluding carboxylic acids is 2. The van der Waals surface area contributed by atoms with Gasteiger partial charge in [0.05, 0.1) is 18.0 Å². The minimum Gasteiger partial charge on any atom is -0.444 e. The zero-order valence-corrected chi connectivity index (χ0v) is 22.5. The molecule has 0 atom stereocenters. The molecule has 1 heterocycles. The van der Waals surface area contributed by atoms with Crippen LogP contribution in [0.15, 0.2) is 54.6 Å². The highest BCUT2D eigenvalue weighted by Gasteiger charge is 2.27. The van der Waals surface area contributed by atoms with Crippen LogP contribution in [0, 0.1) is 0 Å². The van der Waals surface area contributed by atoms with Gasteiger partial charge >= 0.3 is 6.09 Å². The minimum absolute atomic E-state index is 0.00727. The molecule has 11 heteroatoms. The Morgan fingerprint density at radius 2 is 1.68 bits per heavy atom. The number of amides is 2. The first kappa shape index (κ1) is 28.4. The lowest BCUT2D eigenvalue weighted by molar-refractivity contribution is 0.0480. The van der Waals surface area contributed by atoms with E-state index in [2.05, 4.69) is 15.6 Å². The number of piperidine rings is 1. The first-order valence-corrected chi connectivity index (χ1v) is 13.9. The Morgan fingerprint density at radius 3 is 2.24 bits per heavy atom. The molecule has 202 valence electrons. The van der Waals surface area contributed by atoms with Crippen molar-refractivity contribution in [3.63, 3.8) is 0 Å². The zero-order chi connectivity index (χ0) is 27.1.